The lowest BCUT2D eigenvalue weighted by Crippen LogP contribution is -2.55. The number of hydrogen-bond donors (Lipinski definition) is 3. The molecule has 7 heteroatoms. The molecular formula is C11H17N3O4. The summed E-state index contributed by atoms with van der Waals surface area (Å²) in [4.78, 5) is 34.8. The van der Waals surface area contributed by atoms with Crippen molar-refractivity contribution in [3.63, 3.8) is 0 Å². The second kappa shape index (κ2) is 5.24. The molecule has 2 rings (SSSR count). The van der Waals surface area contributed by atoms with Crippen LogP contribution in [0.4, 0.5) is 4.79 Å². The van der Waals surface area contributed by atoms with Crippen LogP contribution in [0.3, 0.4) is 0 Å². The fraction of sp³-hybridized carbons (Fsp3) is 0.727. The molecule has 1 saturated carbocycles. The maximum atomic E-state index is 11.5. The number of carboxylic acids is 1. The van der Waals surface area contributed by atoms with Gasteiger partial charge in [0, 0.05) is 25.0 Å². The minimum Gasteiger partial charge on any atom is -0.481 e. The molecule has 3 N–H and O–H groups in total. The van der Waals surface area contributed by atoms with Crippen molar-refractivity contribution in [2.45, 2.75) is 25.3 Å². The first-order valence-corrected chi connectivity index (χ1v) is 6.08. The number of amides is 3. The smallest absolute Gasteiger partial charge is 0.317 e. The lowest BCUT2D eigenvalue weighted by molar-refractivity contribution is -0.139. The Morgan fingerprint density at radius 3 is 2.44 bits per heavy atom. The second-order valence-corrected chi connectivity index (χ2v) is 4.87. The molecule has 1 aliphatic heterocycles. The highest BCUT2D eigenvalue weighted by molar-refractivity contribution is 5.84. The van der Waals surface area contributed by atoms with Crippen LogP contribution in [0, 0.1) is 5.92 Å². The Morgan fingerprint density at radius 2 is 1.89 bits per heavy atom. The fourth-order valence-corrected chi connectivity index (χ4v) is 1.89. The number of carboxylic acid groups (broad SMARTS) is 1. The topological polar surface area (TPSA) is 98.7 Å². The Morgan fingerprint density at radius 1 is 1.22 bits per heavy atom. The predicted molar refractivity (Wildman–Crippen MR) is 61.9 cm³/mol. The third-order valence-electron chi connectivity index (χ3n) is 3.05. The van der Waals surface area contributed by atoms with Gasteiger partial charge in [0.15, 0.2) is 0 Å². The minimum atomic E-state index is -0.844. The van der Waals surface area contributed by atoms with Crippen LogP contribution < -0.4 is 10.6 Å². The van der Waals surface area contributed by atoms with Gasteiger partial charge in [-0.3, -0.25) is 9.59 Å². The predicted octanol–water partition coefficient (Wildman–Crippen LogP) is -0.619. The first-order chi connectivity index (χ1) is 8.54. The van der Waals surface area contributed by atoms with Crippen molar-refractivity contribution >= 4 is 17.9 Å². The maximum absolute atomic E-state index is 11.5. The lowest BCUT2D eigenvalue weighted by atomic mass is 9.97. The molecule has 1 heterocycles. The summed E-state index contributed by atoms with van der Waals surface area (Å²) in [7, 11) is 0. The number of aliphatic carboxylic acids is 1. The number of nitrogens with zero attached hydrogens (tertiary/aromatic N) is 1. The molecule has 18 heavy (non-hydrogen) atoms. The summed E-state index contributed by atoms with van der Waals surface area (Å²) in [6, 6.07) is -0.0130. The molecule has 0 atom stereocenters. The van der Waals surface area contributed by atoms with E-state index in [-0.39, 0.29) is 30.8 Å². The Hall–Kier alpha value is -1.79. The summed E-state index contributed by atoms with van der Waals surface area (Å²) in [6.45, 7) is 0.875. The molecule has 0 bridgehead atoms. The Balaban J connectivity index is 1.58. The van der Waals surface area contributed by atoms with Crippen molar-refractivity contribution in [3.8, 4) is 0 Å². The molecule has 0 aromatic heterocycles. The van der Waals surface area contributed by atoms with Crippen molar-refractivity contribution < 1.29 is 19.5 Å². The van der Waals surface area contributed by atoms with Crippen LogP contribution in [-0.2, 0) is 9.59 Å². The largest absolute Gasteiger partial charge is 0.481 e. The molecule has 2 aliphatic rings. The van der Waals surface area contributed by atoms with Crippen LogP contribution in [-0.4, -0.2) is 53.6 Å². The quantitative estimate of drug-likeness (QED) is 0.609. The van der Waals surface area contributed by atoms with Crippen LogP contribution in [0.5, 0.6) is 0 Å². The van der Waals surface area contributed by atoms with Gasteiger partial charge in [0.1, 0.15) is 0 Å². The van der Waals surface area contributed by atoms with Gasteiger partial charge in [-0.25, -0.2) is 4.79 Å². The van der Waals surface area contributed by atoms with E-state index in [4.69, 9.17) is 5.11 Å². The van der Waals surface area contributed by atoms with Crippen LogP contribution in [0.15, 0.2) is 0 Å². The van der Waals surface area contributed by atoms with E-state index in [0.717, 1.165) is 12.8 Å². The van der Waals surface area contributed by atoms with E-state index in [0.29, 0.717) is 19.1 Å². The van der Waals surface area contributed by atoms with Gasteiger partial charge in [0.05, 0.1) is 13.0 Å². The molecule has 1 saturated heterocycles. The van der Waals surface area contributed by atoms with E-state index >= 15 is 0 Å². The minimum absolute atomic E-state index is 0.0184. The molecule has 0 aromatic carbocycles. The normalized spacial score (nSPS) is 19.0. The SMILES string of the molecule is O=C(O)CC1CN(C(=O)NCC(=O)NC2CC2)C1. The van der Waals surface area contributed by atoms with Crippen LogP contribution in [0.1, 0.15) is 19.3 Å². The second-order valence-electron chi connectivity index (χ2n) is 4.87. The number of carbonyl (C=O) groups is 3. The van der Waals surface area contributed by atoms with Gasteiger partial charge in [-0.2, -0.15) is 0 Å². The van der Waals surface area contributed by atoms with Gasteiger partial charge in [-0.15, -0.1) is 0 Å². The first-order valence-electron chi connectivity index (χ1n) is 6.08. The summed E-state index contributed by atoms with van der Waals surface area (Å²) in [5.74, 6) is -0.981. The van der Waals surface area contributed by atoms with Crippen molar-refractivity contribution in [1.29, 1.82) is 0 Å². The summed E-state index contributed by atoms with van der Waals surface area (Å²) in [6.07, 6.45) is 2.12. The maximum Gasteiger partial charge on any atom is 0.317 e. The van der Waals surface area contributed by atoms with Gasteiger partial charge in [-0.05, 0) is 12.8 Å². The molecule has 0 radical (unpaired) electrons. The highest BCUT2D eigenvalue weighted by Crippen LogP contribution is 2.19. The van der Waals surface area contributed by atoms with Crippen LogP contribution in [0.2, 0.25) is 0 Å². The summed E-state index contributed by atoms with van der Waals surface area (Å²) < 4.78 is 0. The zero-order valence-corrected chi connectivity index (χ0v) is 10.0. The van der Waals surface area contributed by atoms with Crippen molar-refractivity contribution in [2.75, 3.05) is 19.6 Å². The number of urea groups is 1. The van der Waals surface area contributed by atoms with Gasteiger partial charge >= 0.3 is 12.0 Å². The van der Waals surface area contributed by atoms with Crippen LogP contribution in [0.25, 0.3) is 0 Å². The average molecular weight is 255 g/mol. The molecule has 0 aromatic rings. The molecule has 0 spiro atoms. The monoisotopic (exact) mass is 255 g/mol. The van der Waals surface area contributed by atoms with Gasteiger partial charge in [0.2, 0.25) is 5.91 Å². The Kier molecular flexibility index (Phi) is 3.69. The zero-order chi connectivity index (χ0) is 13.1. The summed E-state index contributed by atoms with van der Waals surface area (Å²) in [5, 5.41) is 13.9. The molecular weight excluding hydrogens is 238 g/mol. The Bertz CT molecular complexity index is 361. The molecule has 1 aliphatic carbocycles. The highest BCUT2D eigenvalue weighted by Gasteiger charge is 2.32. The molecule has 3 amide bonds. The van der Waals surface area contributed by atoms with E-state index in [1.54, 1.807) is 0 Å². The van der Waals surface area contributed by atoms with Gasteiger partial charge in [0.25, 0.3) is 0 Å². The molecule has 2 fully saturated rings. The fourth-order valence-electron chi connectivity index (χ4n) is 1.89. The molecule has 0 unspecified atom stereocenters. The van der Waals surface area contributed by atoms with E-state index in [2.05, 4.69) is 10.6 Å². The summed E-state index contributed by atoms with van der Waals surface area (Å²) in [5.41, 5.74) is 0. The van der Waals surface area contributed by atoms with Crippen LogP contribution >= 0.6 is 0 Å². The van der Waals surface area contributed by atoms with Gasteiger partial charge < -0.3 is 20.6 Å². The third-order valence-corrected chi connectivity index (χ3v) is 3.05. The lowest BCUT2D eigenvalue weighted by Gasteiger charge is -2.38. The number of rotatable bonds is 5. The van der Waals surface area contributed by atoms with Crippen molar-refractivity contribution in [2.24, 2.45) is 5.92 Å². The van der Waals surface area contributed by atoms with E-state index in [1.807, 2.05) is 0 Å². The number of carbonyl (C=O) groups excluding carboxylic acids is 2. The highest BCUT2D eigenvalue weighted by atomic mass is 16.4. The number of likely N-dealkylation sites (tertiary alicyclic amines) is 1. The Labute approximate surface area is 105 Å². The number of nitrogens with one attached hydrogen (secondary N) is 2. The van der Waals surface area contributed by atoms with Gasteiger partial charge in [-0.1, -0.05) is 0 Å². The zero-order valence-electron chi connectivity index (χ0n) is 10.0. The third kappa shape index (κ3) is 3.61. The van der Waals surface area contributed by atoms with Crippen molar-refractivity contribution in [1.82, 2.24) is 15.5 Å². The average Bonchev–Trinajstić information content (AvgIpc) is 3.03. The van der Waals surface area contributed by atoms with E-state index < -0.39 is 5.97 Å². The molecule has 100 valence electrons. The van der Waals surface area contributed by atoms with E-state index in [9.17, 15) is 14.4 Å². The van der Waals surface area contributed by atoms with Crippen molar-refractivity contribution in [3.05, 3.63) is 0 Å². The molecule has 7 nitrogen and oxygen atoms in total. The van der Waals surface area contributed by atoms with E-state index in [1.165, 1.54) is 4.90 Å². The first kappa shape index (κ1) is 12.7. The standard InChI is InChI=1S/C11H17N3O4/c15-9(13-8-1-2-8)4-12-11(18)14-5-7(6-14)3-10(16)17/h7-8H,1-6H2,(H,12,18)(H,13,15)(H,16,17). The summed E-state index contributed by atoms with van der Waals surface area (Å²) >= 11 is 0. The number of hydrogen-bond acceptors (Lipinski definition) is 3.